The van der Waals surface area contributed by atoms with Gasteiger partial charge in [0.15, 0.2) is 6.10 Å². The third-order valence-corrected chi connectivity index (χ3v) is 1.53. The van der Waals surface area contributed by atoms with Crippen LogP contribution in [0.1, 0.15) is 13.3 Å². The lowest BCUT2D eigenvalue weighted by Crippen LogP contribution is -2.26. The number of rotatable bonds is 5. The van der Waals surface area contributed by atoms with Gasteiger partial charge in [-0.15, -0.1) is 0 Å². The van der Waals surface area contributed by atoms with Gasteiger partial charge in [0, 0.05) is 14.1 Å². The van der Waals surface area contributed by atoms with Crippen LogP contribution >= 0.6 is 0 Å². The number of hydrogen-bond donors (Lipinski definition) is 1. The van der Waals surface area contributed by atoms with Gasteiger partial charge >= 0.3 is 5.97 Å². The lowest BCUT2D eigenvalue weighted by atomic mass is 10.4. The minimum absolute atomic E-state index is 0.0717. The van der Waals surface area contributed by atoms with Crippen LogP contribution < -0.4 is 0 Å². The SMILES string of the molecule is CC(OCCC(=O)N(C)C)C(=O)O. The maximum atomic E-state index is 11.0. The molecule has 13 heavy (non-hydrogen) atoms. The normalized spacial score (nSPS) is 12.2. The van der Waals surface area contributed by atoms with E-state index in [0.717, 1.165) is 0 Å². The van der Waals surface area contributed by atoms with Crippen molar-refractivity contribution < 1.29 is 19.4 Å². The second-order valence-electron chi connectivity index (χ2n) is 2.89. The van der Waals surface area contributed by atoms with Gasteiger partial charge in [-0.2, -0.15) is 0 Å². The highest BCUT2D eigenvalue weighted by Gasteiger charge is 2.11. The van der Waals surface area contributed by atoms with Crippen molar-refractivity contribution in [2.75, 3.05) is 20.7 Å². The molecule has 0 heterocycles. The first-order chi connectivity index (χ1) is 5.95. The number of ether oxygens (including phenoxy) is 1. The first-order valence-electron chi connectivity index (χ1n) is 3.99. The minimum Gasteiger partial charge on any atom is -0.479 e. The molecule has 0 aromatic rings. The van der Waals surface area contributed by atoms with Crippen molar-refractivity contribution in [2.45, 2.75) is 19.4 Å². The van der Waals surface area contributed by atoms with Crippen LogP contribution in [0.2, 0.25) is 0 Å². The predicted molar refractivity (Wildman–Crippen MR) is 46.4 cm³/mol. The zero-order chi connectivity index (χ0) is 10.4. The van der Waals surface area contributed by atoms with Gasteiger partial charge in [-0.25, -0.2) is 4.79 Å². The second-order valence-corrected chi connectivity index (χ2v) is 2.89. The largest absolute Gasteiger partial charge is 0.479 e. The van der Waals surface area contributed by atoms with Crippen molar-refractivity contribution >= 4 is 11.9 Å². The highest BCUT2D eigenvalue weighted by atomic mass is 16.5. The lowest BCUT2D eigenvalue weighted by molar-refractivity contribution is -0.150. The van der Waals surface area contributed by atoms with Gasteiger partial charge in [0.05, 0.1) is 13.0 Å². The van der Waals surface area contributed by atoms with Gasteiger partial charge < -0.3 is 14.7 Å². The Hall–Kier alpha value is -1.10. The van der Waals surface area contributed by atoms with Crippen LogP contribution in [-0.4, -0.2) is 48.7 Å². The summed E-state index contributed by atoms with van der Waals surface area (Å²) in [6.45, 7) is 1.58. The number of carboxylic acid groups (broad SMARTS) is 1. The molecule has 0 aliphatic rings. The summed E-state index contributed by atoms with van der Waals surface area (Å²) in [5, 5.41) is 8.44. The van der Waals surface area contributed by atoms with Crippen LogP contribution in [0.25, 0.3) is 0 Å². The topological polar surface area (TPSA) is 66.8 Å². The van der Waals surface area contributed by atoms with E-state index in [1.807, 2.05) is 0 Å². The van der Waals surface area contributed by atoms with Crippen molar-refractivity contribution in [3.05, 3.63) is 0 Å². The molecule has 1 amide bonds. The fourth-order valence-corrected chi connectivity index (χ4v) is 0.618. The van der Waals surface area contributed by atoms with Crippen molar-refractivity contribution in [3.8, 4) is 0 Å². The number of hydrogen-bond acceptors (Lipinski definition) is 3. The quantitative estimate of drug-likeness (QED) is 0.658. The maximum absolute atomic E-state index is 11.0. The molecule has 1 N–H and O–H groups in total. The third kappa shape index (κ3) is 5.19. The van der Waals surface area contributed by atoms with E-state index in [1.165, 1.54) is 11.8 Å². The van der Waals surface area contributed by atoms with Crippen molar-refractivity contribution in [3.63, 3.8) is 0 Å². The number of carboxylic acids is 1. The molecule has 0 saturated heterocycles. The van der Waals surface area contributed by atoms with Crippen LogP contribution in [0, 0.1) is 0 Å². The molecule has 5 heteroatoms. The highest BCUT2D eigenvalue weighted by molar-refractivity contribution is 5.75. The van der Waals surface area contributed by atoms with Gasteiger partial charge in [-0.1, -0.05) is 0 Å². The van der Waals surface area contributed by atoms with Gasteiger partial charge in [0.25, 0.3) is 0 Å². The first kappa shape index (κ1) is 11.9. The zero-order valence-corrected chi connectivity index (χ0v) is 8.11. The molecule has 1 unspecified atom stereocenters. The maximum Gasteiger partial charge on any atom is 0.332 e. The van der Waals surface area contributed by atoms with Crippen LogP contribution in [0.3, 0.4) is 0 Å². The Morgan fingerprint density at radius 3 is 2.38 bits per heavy atom. The van der Waals surface area contributed by atoms with Crippen molar-refractivity contribution in [1.82, 2.24) is 4.90 Å². The molecule has 1 atom stereocenters. The molecule has 0 radical (unpaired) electrons. The Bertz CT molecular complexity index is 191. The summed E-state index contributed by atoms with van der Waals surface area (Å²) in [4.78, 5) is 22.7. The summed E-state index contributed by atoms with van der Waals surface area (Å²) in [5.74, 6) is -1.09. The van der Waals surface area contributed by atoms with E-state index in [9.17, 15) is 9.59 Å². The number of carbonyl (C=O) groups excluding carboxylic acids is 1. The highest BCUT2D eigenvalue weighted by Crippen LogP contribution is 1.94. The number of nitrogens with zero attached hydrogens (tertiary/aromatic N) is 1. The molecule has 0 bridgehead atoms. The van der Waals surface area contributed by atoms with E-state index < -0.39 is 12.1 Å². The molecule has 0 aliphatic carbocycles. The molecule has 0 aromatic carbocycles. The van der Waals surface area contributed by atoms with E-state index >= 15 is 0 Å². The molecular formula is C8H15NO4. The van der Waals surface area contributed by atoms with Crippen LogP contribution in [-0.2, 0) is 14.3 Å². The fourth-order valence-electron chi connectivity index (χ4n) is 0.618. The van der Waals surface area contributed by atoms with E-state index in [-0.39, 0.29) is 18.9 Å². The van der Waals surface area contributed by atoms with Crippen LogP contribution in [0.15, 0.2) is 0 Å². The Morgan fingerprint density at radius 2 is 2.00 bits per heavy atom. The first-order valence-corrected chi connectivity index (χ1v) is 3.99. The fraction of sp³-hybridized carbons (Fsp3) is 0.750. The monoisotopic (exact) mass is 189 g/mol. The van der Waals surface area contributed by atoms with E-state index in [2.05, 4.69) is 0 Å². The average Bonchev–Trinajstić information content (AvgIpc) is 2.03. The molecule has 0 saturated carbocycles. The van der Waals surface area contributed by atoms with Crippen LogP contribution in [0.5, 0.6) is 0 Å². The van der Waals surface area contributed by atoms with Gasteiger partial charge in [0.1, 0.15) is 0 Å². The molecular weight excluding hydrogens is 174 g/mol. The summed E-state index contributed by atoms with van der Waals surface area (Å²) >= 11 is 0. The van der Waals surface area contributed by atoms with E-state index in [0.29, 0.717) is 0 Å². The summed E-state index contributed by atoms with van der Waals surface area (Å²) < 4.78 is 4.88. The predicted octanol–water partition coefficient (Wildman–Crippen LogP) is -0.0456. The summed E-state index contributed by atoms with van der Waals surface area (Å²) in [6.07, 6.45) is -0.639. The Kier molecular flexibility index (Phi) is 5.06. The third-order valence-electron chi connectivity index (χ3n) is 1.53. The van der Waals surface area contributed by atoms with Crippen molar-refractivity contribution in [2.24, 2.45) is 0 Å². The number of amides is 1. The minimum atomic E-state index is -1.02. The summed E-state index contributed by atoms with van der Waals surface area (Å²) in [6, 6.07) is 0. The average molecular weight is 189 g/mol. The second kappa shape index (κ2) is 5.53. The Labute approximate surface area is 77.3 Å². The van der Waals surface area contributed by atoms with Gasteiger partial charge in [-0.3, -0.25) is 4.79 Å². The molecule has 0 aliphatic heterocycles. The van der Waals surface area contributed by atoms with Gasteiger partial charge in [0.2, 0.25) is 5.91 Å². The molecule has 76 valence electrons. The molecule has 0 spiro atoms. The Balaban J connectivity index is 3.56. The van der Waals surface area contributed by atoms with Gasteiger partial charge in [-0.05, 0) is 6.92 Å². The number of aliphatic carboxylic acids is 1. The molecule has 0 aromatic heterocycles. The molecule has 5 nitrogen and oxygen atoms in total. The van der Waals surface area contributed by atoms with Crippen LogP contribution in [0.4, 0.5) is 0 Å². The lowest BCUT2D eigenvalue weighted by Gasteiger charge is -2.11. The zero-order valence-electron chi connectivity index (χ0n) is 8.11. The molecule has 0 rings (SSSR count). The standard InChI is InChI=1S/C8H15NO4/c1-6(8(11)12)13-5-4-7(10)9(2)3/h6H,4-5H2,1-3H3,(H,11,12). The summed E-state index contributed by atoms with van der Waals surface area (Å²) in [7, 11) is 3.28. The number of carbonyl (C=O) groups is 2. The Morgan fingerprint density at radius 1 is 1.46 bits per heavy atom. The summed E-state index contributed by atoms with van der Waals surface area (Å²) in [5.41, 5.74) is 0. The smallest absolute Gasteiger partial charge is 0.332 e. The van der Waals surface area contributed by atoms with E-state index in [1.54, 1.807) is 14.1 Å². The van der Waals surface area contributed by atoms with Crippen molar-refractivity contribution in [1.29, 1.82) is 0 Å². The molecule has 0 fully saturated rings. The van der Waals surface area contributed by atoms with E-state index in [4.69, 9.17) is 9.84 Å².